The summed E-state index contributed by atoms with van der Waals surface area (Å²) in [6.07, 6.45) is 7.01. The number of ketones is 1. The minimum atomic E-state index is 0.344. The number of hydrogen-bond donors (Lipinski definition) is 0. The molecule has 0 radical (unpaired) electrons. The molecule has 11 heavy (non-hydrogen) atoms. The van der Waals surface area contributed by atoms with Gasteiger partial charge in [-0.3, -0.25) is 4.79 Å². The molecule has 0 aromatic heterocycles. The van der Waals surface area contributed by atoms with Crippen molar-refractivity contribution in [2.24, 2.45) is 0 Å². The highest BCUT2D eigenvalue weighted by Gasteiger charge is 2.08. The summed E-state index contributed by atoms with van der Waals surface area (Å²) >= 11 is 5.07. The smallest absolute Gasteiger partial charge is 0.137 e. The van der Waals surface area contributed by atoms with Crippen LogP contribution in [0, 0.1) is 0 Å². The van der Waals surface area contributed by atoms with Crippen molar-refractivity contribution in [2.45, 2.75) is 44.9 Å². The Bertz CT molecular complexity index is 145. The Kier molecular flexibility index (Phi) is 3.70. The van der Waals surface area contributed by atoms with Crippen molar-refractivity contribution in [3.05, 3.63) is 0 Å². The Morgan fingerprint density at radius 3 is 2.36 bits per heavy atom. The normalized spacial score (nSPS) is 22.2. The molecule has 1 aliphatic carbocycles. The van der Waals surface area contributed by atoms with Gasteiger partial charge >= 0.3 is 0 Å². The van der Waals surface area contributed by atoms with Gasteiger partial charge in [-0.2, -0.15) is 0 Å². The summed E-state index contributed by atoms with van der Waals surface area (Å²) in [4.78, 5) is 12.1. The summed E-state index contributed by atoms with van der Waals surface area (Å²) in [6, 6.07) is 0. The third-order valence-electron chi connectivity index (χ3n) is 2.06. The molecule has 0 unspecified atom stereocenters. The Balaban J connectivity index is 2.39. The van der Waals surface area contributed by atoms with E-state index in [9.17, 15) is 4.79 Å². The molecule has 62 valence electrons. The predicted octanol–water partition coefficient (Wildman–Crippen LogP) is 2.67. The molecule has 0 aliphatic heterocycles. The fourth-order valence-corrected chi connectivity index (χ4v) is 1.70. The van der Waals surface area contributed by atoms with Gasteiger partial charge in [0.2, 0.25) is 0 Å². The van der Waals surface area contributed by atoms with E-state index < -0.39 is 0 Å². The van der Waals surface area contributed by atoms with Crippen LogP contribution in [0.25, 0.3) is 0 Å². The average molecular weight is 170 g/mol. The Labute approximate surface area is 73.2 Å². The third-order valence-corrected chi connectivity index (χ3v) is 2.40. The van der Waals surface area contributed by atoms with Gasteiger partial charge in [-0.05, 0) is 19.3 Å². The number of hydrogen-bond acceptors (Lipinski definition) is 2. The van der Waals surface area contributed by atoms with Crippen LogP contribution in [0.2, 0.25) is 0 Å². The zero-order valence-electron chi connectivity index (χ0n) is 6.77. The predicted molar refractivity (Wildman–Crippen MR) is 49.9 cm³/mol. The van der Waals surface area contributed by atoms with Crippen LogP contribution in [-0.2, 0) is 4.79 Å². The van der Waals surface area contributed by atoms with Crippen LogP contribution in [0.15, 0.2) is 0 Å². The molecule has 1 rings (SSSR count). The maximum absolute atomic E-state index is 11.1. The topological polar surface area (TPSA) is 17.1 Å². The van der Waals surface area contributed by atoms with E-state index in [4.69, 9.17) is 12.2 Å². The highest BCUT2D eigenvalue weighted by Crippen LogP contribution is 2.12. The highest BCUT2D eigenvalue weighted by atomic mass is 32.1. The molecule has 1 nitrogen and oxygen atoms in total. The summed E-state index contributed by atoms with van der Waals surface area (Å²) in [6.45, 7) is 0. The van der Waals surface area contributed by atoms with Crippen LogP contribution in [0.3, 0.4) is 0 Å². The van der Waals surface area contributed by atoms with Crippen molar-refractivity contribution in [3.8, 4) is 0 Å². The molecule has 1 fully saturated rings. The Morgan fingerprint density at radius 2 is 1.64 bits per heavy atom. The number of Topliss-reactive ketones (excluding diaryl/α,β-unsaturated/α-hetero) is 1. The highest BCUT2D eigenvalue weighted by molar-refractivity contribution is 7.80. The second-order valence-corrected chi connectivity index (χ2v) is 3.75. The summed E-state index contributed by atoms with van der Waals surface area (Å²) in [5, 5.41) is 0. The minimum Gasteiger partial charge on any atom is -0.299 e. The van der Waals surface area contributed by atoms with Gasteiger partial charge in [0.1, 0.15) is 5.78 Å². The first-order valence-electron chi connectivity index (χ1n) is 4.32. The molecule has 1 saturated carbocycles. The van der Waals surface area contributed by atoms with Gasteiger partial charge in [0.05, 0.1) is 0 Å². The van der Waals surface area contributed by atoms with Crippen molar-refractivity contribution in [3.63, 3.8) is 0 Å². The number of carbonyl (C=O) groups excluding carboxylic acids is 1. The maximum atomic E-state index is 11.1. The van der Waals surface area contributed by atoms with Gasteiger partial charge in [-0.15, -0.1) is 0 Å². The molecule has 2 heteroatoms. The van der Waals surface area contributed by atoms with Crippen LogP contribution < -0.4 is 0 Å². The monoisotopic (exact) mass is 170 g/mol. The molecule has 0 bridgehead atoms. The molecule has 0 amide bonds. The van der Waals surface area contributed by atoms with Crippen LogP contribution in [-0.4, -0.2) is 10.6 Å². The maximum Gasteiger partial charge on any atom is 0.137 e. The fraction of sp³-hybridized carbons (Fsp3) is 0.778. The average Bonchev–Trinajstić information content (AvgIpc) is 2.02. The second-order valence-electron chi connectivity index (χ2n) is 3.17. The van der Waals surface area contributed by atoms with Crippen LogP contribution in [0.1, 0.15) is 44.9 Å². The lowest BCUT2D eigenvalue weighted by Gasteiger charge is -1.97. The standard InChI is InChI=1S/C9H14OS/c10-8-5-3-1-2-4-6-9(11)7-8/h1-7H2. The van der Waals surface area contributed by atoms with E-state index in [1.165, 1.54) is 19.3 Å². The van der Waals surface area contributed by atoms with Gasteiger partial charge in [-0.25, -0.2) is 0 Å². The molecule has 0 aromatic carbocycles. The zero-order valence-corrected chi connectivity index (χ0v) is 7.58. The number of rotatable bonds is 0. The first-order chi connectivity index (χ1) is 5.29. The lowest BCUT2D eigenvalue weighted by atomic mass is 10.1. The largest absolute Gasteiger partial charge is 0.299 e. The van der Waals surface area contributed by atoms with Crippen LogP contribution in [0.5, 0.6) is 0 Å². The Morgan fingerprint density at radius 1 is 1.00 bits per heavy atom. The lowest BCUT2D eigenvalue weighted by molar-refractivity contribution is -0.118. The molecule has 0 aromatic rings. The SMILES string of the molecule is O=C1CCCCCCC(=S)C1. The molecule has 1 aliphatic rings. The molecular weight excluding hydrogens is 156 g/mol. The molecule has 0 N–H and O–H groups in total. The van der Waals surface area contributed by atoms with Crippen molar-refractivity contribution < 1.29 is 4.79 Å². The first-order valence-corrected chi connectivity index (χ1v) is 4.73. The molecule has 0 atom stereocenters. The van der Waals surface area contributed by atoms with Crippen molar-refractivity contribution in [1.29, 1.82) is 0 Å². The lowest BCUT2D eigenvalue weighted by Crippen LogP contribution is -2.03. The molecule has 0 heterocycles. The summed E-state index contributed by atoms with van der Waals surface area (Å²) in [5.74, 6) is 0.344. The van der Waals surface area contributed by atoms with E-state index in [-0.39, 0.29) is 0 Å². The van der Waals surface area contributed by atoms with Crippen molar-refractivity contribution in [1.82, 2.24) is 0 Å². The summed E-state index contributed by atoms with van der Waals surface area (Å²) in [5.41, 5.74) is 0. The van der Waals surface area contributed by atoms with Crippen LogP contribution in [0.4, 0.5) is 0 Å². The van der Waals surface area contributed by atoms with Crippen LogP contribution >= 0.6 is 12.2 Å². The van der Waals surface area contributed by atoms with Crippen molar-refractivity contribution in [2.75, 3.05) is 0 Å². The van der Waals surface area contributed by atoms with Gasteiger partial charge in [0, 0.05) is 17.7 Å². The van der Waals surface area contributed by atoms with E-state index in [1.54, 1.807) is 0 Å². The molecular formula is C9H14OS. The number of thiocarbonyl (C=S) groups is 1. The molecule has 0 saturated heterocycles. The third kappa shape index (κ3) is 3.61. The molecule has 0 spiro atoms. The van der Waals surface area contributed by atoms with E-state index in [2.05, 4.69) is 0 Å². The number of carbonyl (C=O) groups is 1. The zero-order chi connectivity index (χ0) is 8.10. The van der Waals surface area contributed by atoms with Crippen molar-refractivity contribution >= 4 is 22.9 Å². The van der Waals surface area contributed by atoms with E-state index in [0.717, 1.165) is 24.1 Å². The van der Waals surface area contributed by atoms with E-state index >= 15 is 0 Å². The first kappa shape index (κ1) is 8.85. The quantitative estimate of drug-likeness (QED) is 0.520. The van der Waals surface area contributed by atoms with Gasteiger partial charge in [-0.1, -0.05) is 25.1 Å². The minimum absolute atomic E-state index is 0.344. The van der Waals surface area contributed by atoms with E-state index in [0.29, 0.717) is 12.2 Å². The van der Waals surface area contributed by atoms with E-state index in [1.807, 2.05) is 0 Å². The summed E-state index contributed by atoms with van der Waals surface area (Å²) < 4.78 is 0. The summed E-state index contributed by atoms with van der Waals surface area (Å²) in [7, 11) is 0. The second kappa shape index (κ2) is 4.60. The van der Waals surface area contributed by atoms with Gasteiger partial charge in [0.25, 0.3) is 0 Å². The van der Waals surface area contributed by atoms with Gasteiger partial charge in [0.15, 0.2) is 0 Å². The van der Waals surface area contributed by atoms with Gasteiger partial charge < -0.3 is 0 Å². The Hall–Kier alpha value is -0.240. The fourth-order valence-electron chi connectivity index (χ4n) is 1.39.